The lowest BCUT2D eigenvalue weighted by atomic mass is 10.4. The van der Waals surface area contributed by atoms with Crippen LogP contribution in [0.2, 0.25) is 0 Å². The predicted molar refractivity (Wildman–Crippen MR) is 58.2 cm³/mol. The van der Waals surface area contributed by atoms with E-state index in [9.17, 15) is 0 Å². The Kier molecular flexibility index (Phi) is 1.68. The van der Waals surface area contributed by atoms with Crippen LogP contribution in [0.3, 0.4) is 0 Å². The third-order valence-electron chi connectivity index (χ3n) is 2.38. The van der Waals surface area contributed by atoms with E-state index in [1.54, 1.807) is 6.20 Å². The van der Waals surface area contributed by atoms with E-state index < -0.39 is 0 Å². The Morgan fingerprint density at radius 3 is 2.67 bits per heavy atom. The molecule has 0 unspecified atom stereocenters. The van der Waals surface area contributed by atoms with Crippen LogP contribution in [0.25, 0.3) is 34.1 Å². The molecule has 0 aliphatic heterocycles. The lowest BCUT2D eigenvalue weighted by molar-refractivity contribution is 0.590. The van der Waals surface area contributed by atoms with Gasteiger partial charge in [0.15, 0.2) is 18.6 Å². The van der Waals surface area contributed by atoms with Gasteiger partial charge in [0.25, 0.3) is 5.71 Å². The number of nitrogens with zero attached hydrogens (tertiary/aromatic N) is 6. The highest BCUT2D eigenvalue weighted by molar-refractivity contribution is 5.70. The van der Waals surface area contributed by atoms with Crippen molar-refractivity contribution in [2.45, 2.75) is 0 Å². The molecule has 0 fully saturated rings. The summed E-state index contributed by atoms with van der Waals surface area (Å²) in [5.41, 5.74) is 2.28. The molecule has 0 saturated carbocycles. The molecule has 0 bridgehead atoms. The molecule has 8 heteroatoms. The Bertz CT molecular complexity index is 779. The van der Waals surface area contributed by atoms with Crippen molar-refractivity contribution in [3.05, 3.63) is 25.2 Å². The molecule has 0 N–H and O–H groups in total. The van der Waals surface area contributed by atoms with Crippen LogP contribution in [0.1, 0.15) is 0 Å². The number of fused-ring (bicyclic) bond motifs is 2. The Labute approximate surface area is 98.8 Å². The highest BCUT2D eigenvalue weighted by Crippen LogP contribution is 2.17. The monoisotopic (exact) mass is 240 g/mol. The largest absolute Gasteiger partial charge is 0.425 e. The van der Waals surface area contributed by atoms with E-state index >= 15 is 0 Å². The first-order chi connectivity index (χ1) is 8.90. The highest BCUT2D eigenvalue weighted by Gasteiger charge is 2.10. The van der Waals surface area contributed by atoms with Gasteiger partial charge < -0.3 is 8.83 Å². The van der Waals surface area contributed by atoms with E-state index in [1.807, 2.05) is 0 Å². The molecule has 4 heterocycles. The number of hydrogen-bond donors (Lipinski definition) is 0. The van der Waals surface area contributed by atoms with Crippen LogP contribution in [-0.4, -0.2) is 29.9 Å². The maximum Gasteiger partial charge on any atom is 0.266 e. The van der Waals surface area contributed by atoms with E-state index in [0.29, 0.717) is 34.1 Å². The zero-order chi connectivity index (χ0) is 11.9. The van der Waals surface area contributed by atoms with Crippen molar-refractivity contribution in [2.75, 3.05) is 0 Å². The van der Waals surface area contributed by atoms with E-state index in [1.165, 1.54) is 19.0 Å². The summed E-state index contributed by atoms with van der Waals surface area (Å²) >= 11 is 0. The molecular weight excluding hydrogens is 236 g/mol. The lowest BCUT2D eigenvalue weighted by Crippen LogP contribution is -1.93. The quantitative estimate of drug-likeness (QED) is 0.489. The normalized spacial score (nSPS) is 11.3. The van der Waals surface area contributed by atoms with Gasteiger partial charge in [-0.25, -0.2) is 19.9 Å². The molecule has 4 aromatic heterocycles. The van der Waals surface area contributed by atoms with E-state index in [4.69, 9.17) is 8.83 Å². The van der Waals surface area contributed by atoms with Crippen molar-refractivity contribution in [1.82, 2.24) is 29.9 Å². The SMILES string of the molecule is c1nc2cnc(-c3cnc4ocnc4n3)nc2o1. The average molecular weight is 240 g/mol. The zero-order valence-corrected chi connectivity index (χ0v) is 8.81. The predicted octanol–water partition coefficient (Wildman–Crippen LogP) is 1.22. The summed E-state index contributed by atoms with van der Waals surface area (Å²) in [7, 11) is 0. The summed E-state index contributed by atoms with van der Waals surface area (Å²) < 4.78 is 10.1. The minimum atomic E-state index is 0.375. The topological polar surface area (TPSA) is 104 Å². The molecule has 4 aromatic rings. The van der Waals surface area contributed by atoms with Crippen LogP contribution < -0.4 is 0 Å². The molecule has 0 aliphatic carbocycles. The Morgan fingerprint density at radius 2 is 1.67 bits per heavy atom. The fourth-order valence-corrected chi connectivity index (χ4v) is 1.56. The molecule has 0 spiro atoms. The summed E-state index contributed by atoms with van der Waals surface area (Å²) in [5.74, 6) is 0.400. The zero-order valence-electron chi connectivity index (χ0n) is 8.81. The molecule has 0 saturated heterocycles. The van der Waals surface area contributed by atoms with E-state index in [0.717, 1.165) is 0 Å². The molecule has 0 radical (unpaired) electrons. The van der Waals surface area contributed by atoms with Crippen molar-refractivity contribution >= 4 is 22.6 Å². The molecule has 18 heavy (non-hydrogen) atoms. The smallest absolute Gasteiger partial charge is 0.266 e. The van der Waals surface area contributed by atoms with Gasteiger partial charge in [0.05, 0.1) is 12.4 Å². The Balaban J connectivity index is 1.93. The molecular formula is C10H4N6O2. The van der Waals surface area contributed by atoms with Crippen LogP contribution in [-0.2, 0) is 0 Å². The number of hydrogen-bond acceptors (Lipinski definition) is 8. The molecule has 0 atom stereocenters. The van der Waals surface area contributed by atoms with Crippen molar-refractivity contribution < 1.29 is 8.83 Å². The lowest BCUT2D eigenvalue weighted by Gasteiger charge is -1.96. The number of rotatable bonds is 1. The third-order valence-corrected chi connectivity index (χ3v) is 2.38. The molecule has 0 aromatic carbocycles. The minimum absolute atomic E-state index is 0.375. The maximum atomic E-state index is 5.11. The van der Waals surface area contributed by atoms with Crippen LogP contribution in [0, 0.1) is 0 Å². The van der Waals surface area contributed by atoms with Crippen LogP contribution in [0.15, 0.2) is 34.0 Å². The van der Waals surface area contributed by atoms with Gasteiger partial charge in [-0.1, -0.05) is 0 Å². The fourth-order valence-electron chi connectivity index (χ4n) is 1.56. The highest BCUT2D eigenvalue weighted by atomic mass is 16.3. The average Bonchev–Trinajstić information content (AvgIpc) is 3.05. The van der Waals surface area contributed by atoms with Crippen LogP contribution in [0.4, 0.5) is 0 Å². The fraction of sp³-hybridized carbons (Fsp3) is 0. The first-order valence-corrected chi connectivity index (χ1v) is 5.03. The number of oxazole rings is 2. The van der Waals surface area contributed by atoms with Gasteiger partial charge in [-0.15, -0.1) is 0 Å². The Hall–Kier alpha value is -2.90. The summed E-state index contributed by atoms with van der Waals surface area (Å²) in [4.78, 5) is 24.5. The van der Waals surface area contributed by atoms with Crippen molar-refractivity contribution in [3.8, 4) is 11.5 Å². The second kappa shape index (κ2) is 3.29. The van der Waals surface area contributed by atoms with Crippen LogP contribution in [0.5, 0.6) is 0 Å². The van der Waals surface area contributed by atoms with E-state index in [-0.39, 0.29) is 0 Å². The molecule has 0 aliphatic rings. The van der Waals surface area contributed by atoms with Gasteiger partial charge in [0.1, 0.15) is 11.2 Å². The van der Waals surface area contributed by atoms with Crippen LogP contribution >= 0.6 is 0 Å². The van der Waals surface area contributed by atoms with Gasteiger partial charge in [-0.3, -0.25) is 0 Å². The summed E-state index contributed by atoms with van der Waals surface area (Å²) in [6.07, 6.45) is 5.69. The molecule has 0 amide bonds. The maximum absolute atomic E-state index is 5.11. The van der Waals surface area contributed by atoms with E-state index in [2.05, 4.69) is 29.9 Å². The minimum Gasteiger partial charge on any atom is -0.425 e. The van der Waals surface area contributed by atoms with Crippen molar-refractivity contribution in [1.29, 1.82) is 0 Å². The molecule has 8 nitrogen and oxygen atoms in total. The summed E-state index contributed by atoms with van der Waals surface area (Å²) in [6.45, 7) is 0. The van der Waals surface area contributed by atoms with Gasteiger partial charge in [0, 0.05) is 0 Å². The van der Waals surface area contributed by atoms with Gasteiger partial charge in [-0.2, -0.15) is 9.97 Å². The molecule has 86 valence electrons. The van der Waals surface area contributed by atoms with Gasteiger partial charge in [0.2, 0.25) is 11.4 Å². The first-order valence-electron chi connectivity index (χ1n) is 5.03. The number of aromatic nitrogens is 6. The summed E-state index contributed by atoms with van der Waals surface area (Å²) in [5, 5.41) is 0. The standard InChI is InChI=1S/C10H4N6O2/c1-5(15-8-10(12-1)18-4-14-8)7-11-2-6-9(16-7)17-3-13-6/h1-4H. The third kappa shape index (κ3) is 1.25. The van der Waals surface area contributed by atoms with Crippen molar-refractivity contribution in [2.24, 2.45) is 0 Å². The van der Waals surface area contributed by atoms with Crippen molar-refractivity contribution in [3.63, 3.8) is 0 Å². The second-order valence-corrected chi connectivity index (χ2v) is 3.47. The second-order valence-electron chi connectivity index (χ2n) is 3.47. The molecule has 4 rings (SSSR count). The van der Waals surface area contributed by atoms with Gasteiger partial charge in [-0.05, 0) is 0 Å². The summed E-state index contributed by atoms with van der Waals surface area (Å²) in [6, 6.07) is 0. The Morgan fingerprint density at radius 1 is 0.778 bits per heavy atom. The first kappa shape index (κ1) is 9.16. The van der Waals surface area contributed by atoms with Gasteiger partial charge >= 0.3 is 0 Å².